The number of alkyl halides is 1. The first kappa shape index (κ1) is 6.77. The molecule has 1 rings (SSSR count). The van der Waals surface area contributed by atoms with E-state index in [9.17, 15) is 0 Å². The molecule has 9 heavy (non-hydrogen) atoms. The topological polar surface area (TPSA) is 22.8 Å². The largest absolute Gasteiger partial charge is 0.310 e. The molecule has 0 unspecified atom stereocenters. The molecule has 0 saturated carbocycles. The first-order valence-corrected chi connectivity index (χ1v) is 3.34. The van der Waals surface area contributed by atoms with E-state index in [0.717, 1.165) is 0 Å². The Morgan fingerprint density at radius 3 is 2.78 bits per heavy atom. The van der Waals surface area contributed by atoms with Crippen molar-refractivity contribution in [3.63, 3.8) is 0 Å². The molecule has 0 radical (unpaired) electrons. The first-order chi connectivity index (χ1) is 4.25. The minimum atomic E-state index is 0.319. The van der Waals surface area contributed by atoms with Gasteiger partial charge in [0.1, 0.15) is 12.3 Å². The van der Waals surface area contributed by atoms with Crippen molar-refractivity contribution in [2.75, 3.05) is 0 Å². The number of nitrogens with zero attached hydrogens (tertiary/aromatic N) is 3. The molecular formula is C4H6ClN3S. The molecule has 1 heterocycles. The fourth-order valence-corrected chi connectivity index (χ4v) is 0.907. The molecule has 50 valence electrons. The molecule has 0 amide bonds. The van der Waals surface area contributed by atoms with Crippen molar-refractivity contribution in [3.8, 4) is 0 Å². The normalized spacial score (nSPS) is 10.0. The Labute approximate surface area is 62.9 Å². The lowest BCUT2D eigenvalue weighted by Crippen LogP contribution is -1.95. The molecule has 1 aromatic heterocycles. The van der Waals surface area contributed by atoms with E-state index in [2.05, 4.69) is 5.10 Å². The van der Waals surface area contributed by atoms with Gasteiger partial charge in [0.2, 0.25) is 0 Å². The second-order valence-electron chi connectivity index (χ2n) is 1.64. The standard InChI is InChI=1S/C4H6ClN3S/c1-7-3-6-8(2-5)4(7)9/h3H,2H2,1H3. The Balaban J connectivity index is 3.20. The molecule has 0 aliphatic heterocycles. The average Bonchev–Trinajstić information content (AvgIpc) is 2.15. The molecule has 0 atom stereocenters. The number of hydrogen-bond donors (Lipinski definition) is 0. The summed E-state index contributed by atoms with van der Waals surface area (Å²) in [6.45, 7) is 0. The van der Waals surface area contributed by atoms with Gasteiger partial charge in [-0.2, -0.15) is 5.10 Å². The molecule has 3 nitrogen and oxygen atoms in total. The van der Waals surface area contributed by atoms with Gasteiger partial charge < -0.3 is 4.57 Å². The third kappa shape index (κ3) is 1.14. The molecule has 0 aromatic carbocycles. The second kappa shape index (κ2) is 2.49. The number of aryl methyl sites for hydroxylation is 1. The highest BCUT2D eigenvalue weighted by atomic mass is 35.5. The summed E-state index contributed by atoms with van der Waals surface area (Å²) in [6.07, 6.45) is 1.63. The predicted molar refractivity (Wildman–Crippen MR) is 37.9 cm³/mol. The van der Waals surface area contributed by atoms with E-state index in [1.807, 2.05) is 7.05 Å². The summed E-state index contributed by atoms with van der Waals surface area (Å²) in [5.41, 5.74) is 0. The fraction of sp³-hybridized carbons (Fsp3) is 0.500. The van der Waals surface area contributed by atoms with Crippen LogP contribution in [0.3, 0.4) is 0 Å². The molecule has 0 N–H and O–H groups in total. The van der Waals surface area contributed by atoms with Crippen molar-refractivity contribution in [2.24, 2.45) is 7.05 Å². The van der Waals surface area contributed by atoms with E-state index in [1.54, 1.807) is 10.9 Å². The monoisotopic (exact) mass is 163 g/mol. The third-order valence-corrected chi connectivity index (χ3v) is 1.73. The average molecular weight is 164 g/mol. The summed E-state index contributed by atoms with van der Waals surface area (Å²) >= 11 is 10.4. The predicted octanol–water partition coefficient (Wildman–Crippen LogP) is 1.15. The molecule has 0 spiro atoms. The lowest BCUT2D eigenvalue weighted by Gasteiger charge is -1.88. The first-order valence-electron chi connectivity index (χ1n) is 2.40. The van der Waals surface area contributed by atoms with Gasteiger partial charge in [-0.15, -0.1) is 11.6 Å². The number of halogens is 1. The molecule has 0 bridgehead atoms. The smallest absolute Gasteiger partial charge is 0.198 e. The van der Waals surface area contributed by atoms with E-state index in [4.69, 9.17) is 23.8 Å². The van der Waals surface area contributed by atoms with Crippen LogP contribution in [0.4, 0.5) is 0 Å². The minimum absolute atomic E-state index is 0.319. The van der Waals surface area contributed by atoms with E-state index >= 15 is 0 Å². The van der Waals surface area contributed by atoms with Gasteiger partial charge in [-0.3, -0.25) is 0 Å². The summed E-state index contributed by atoms with van der Waals surface area (Å²) < 4.78 is 3.92. The van der Waals surface area contributed by atoms with Crippen molar-refractivity contribution in [3.05, 3.63) is 11.1 Å². The number of aromatic nitrogens is 3. The summed E-state index contributed by atoms with van der Waals surface area (Å²) in [6, 6.07) is 0.319. The molecular weight excluding hydrogens is 158 g/mol. The lowest BCUT2D eigenvalue weighted by atomic mass is 11.1. The van der Waals surface area contributed by atoms with Gasteiger partial charge in [-0.1, -0.05) is 0 Å². The zero-order valence-corrected chi connectivity index (χ0v) is 6.48. The molecule has 0 saturated heterocycles. The Bertz CT molecular complexity index is 251. The van der Waals surface area contributed by atoms with Crippen molar-refractivity contribution in [2.45, 2.75) is 6.00 Å². The van der Waals surface area contributed by atoms with Crippen molar-refractivity contribution >= 4 is 23.8 Å². The SMILES string of the molecule is Cn1cnn(CCl)c1=S. The maximum Gasteiger partial charge on any atom is 0.198 e. The zero-order chi connectivity index (χ0) is 6.85. The van der Waals surface area contributed by atoms with Crippen LogP contribution >= 0.6 is 23.8 Å². The van der Waals surface area contributed by atoms with E-state index in [0.29, 0.717) is 10.8 Å². The van der Waals surface area contributed by atoms with Crippen LogP contribution in [-0.2, 0) is 13.1 Å². The quantitative estimate of drug-likeness (QED) is 0.458. The number of hydrogen-bond acceptors (Lipinski definition) is 2. The van der Waals surface area contributed by atoms with Gasteiger partial charge in [0.15, 0.2) is 4.77 Å². The molecule has 0 aliphatic rings. The van der Waals surface area contributed by atoms with Crippen LogP contribution in [0.15, 0.2) is 6.33 Å². The maximum absolute atomic E-state index is 5.47. The van der Waals surface area contributed by atoms with E-state index in [1.165, 1.54) is 4.68 Å². The summed E-state index contributed by atoms with van der Waals surface area (Å²) in [4.78, 5) is 0. The van der Waals surface area contributed by atoms with Crippen LogP contribution in [-0.4, -0.2) is 14.3 Å². The van der Waals surface area contributed by atoms with Crippen LogP contribution in [0.1, 0.15) is 0 Å². The summed E-state index contributed by atoms with van der Waals surface area (Å²) in [5.74, 6) is 0. The maximum atomic E-state index is 5.47. The van der Waals surface area contributed by atoms with Gasteiger partial charge in [0.25, 0.3) is 0 Å². The molecule has 0 fully saturated rings. The second-order valence-corrected chi connectivity index (χ2v) is 2.25. The van der Waals surface area contributed by atoms with Crippen LogP contribution in [0.5, 0.6) is 0 Å². The van der Waals surface area contributed by atoms with Crippen LogP contribution < -0.4 is 0 Å². The summed E-state index contributed by atoms with van der Waals surface area (Å²) in [5, 5.41) is 3.88. The van der Waals surface area contributed by atoms with Crippen molar-refractivity contribution in [1.29, 1.82) is 0 Å². The van der Waals surface area contributed by atoms with Gasteiger partial charge in [-0.25, -0.2) is 4.68 Å². The van der Waals surface area contributed by atoms with Gasteiger partial charge in [0, 0.05) is 7.05 Å². The molecule has 1 aromatic rings. The lowest BCUT2D eigenvalue weighted by molar-refractivity contribution is 0.720. The van der Waals surface area contributed by atoms with Crippen molar-refractivity contribution in [1.82, 2.24) is 14.3 Å². The molecule has 5 heteroatoms. The Morgan fingerprint density at radius 2 is 2.56 bits per heavy atom. The van der Waals surface area contributed by atoms with Gasteiger partial charge in [-0.05, 0) is 12.2 Å². The van der Waals surface area contributed by atoms with E-state index < -0.39 is 0 Å². The fourth-order valence-electron chi connectivity index (χ4n) is 0.503. The summed E-state index contributed by atoms with van der Waals surface area (Å²) in [7, 11) is 1.83. The van der Waals surface area contributed by atoms with E-state index in [-0.39, 0.29) is 0 Å². The van der Waals surface area contributed by atoms with Crippen LogP contribution in [0, 0.1) is 4.77 Å². The van der Waals surface area contributed by atoms with Crippen LogP contribution in [0.2, 0.25) is 0 Å². The Hall–Kier alpha value is -0.350. The number of rotatable bonds is 1. The third-order valence-electron chi connectivity index (χ3n) is 1.000. The highest BCUT2D eigenvalue weighted by Gasteiger charge is 1.92. The highest BCUT2D eigenvalue weighted by Crippen LogP contribution is 1.91. The highest BCUT2D eigenvalue weighted by molar-refractivity contribution is 7.71. The zero-order valence-electron chi connectivity index (χ0n) is 4.91. The van der Waals surface area contributed by atoms with Crippen LogP contribution in [0.25, 0.3) is 0 Å². The van der Waals surface area contributed by atoms with Gasteiger partial charge in [0.05, 0.1) is 0 Å². The Kier molecular flexibility index (Phi) is 1.87. The Morgan fingerprint density at radius 1 is 1.89 bits per heavy atom. The van der Waals surface area contributed by atoms with Gasteiger partial charge >= 0.3 is 0 Å². The molecule has 0 aliphatic carbocycles. The van der Waals surface area contributed by atoms with Crippen molar-refractivity contribution < 1.29 is 0 Å². The minimum Gasteiger partial charge on any atom is -0.310 e.